The van der Waals surface area contributed by atoms with Gasteiger partial charge in [0.2, 0.25) is 0 Å². The Labute approximate surface area is 146 Å². The Balaban J connectivity index is 1.66. The van der Waals surface area contributed by atoms with Gasteiger partial charge in [-0.2, -0.15) is 0 Å². The molecule has 2 aromatic rings. The van der Waals surface area contributed by atoms with E-state index in [2.05, 4.69) is 22.2 Å². The molecule has 5 nitrogen and oxygen atoms in total. The molecule has 0 saturated carbocycles. The topological polar surface area (TPSA) is 65.5 Å². The molecule has 0 unspecified atom stereocenters. The first-order valence-corrected chi connectivity index (χ1v) is 7.96. The van der Waals surface area contributed by atoms with E-state index in [4.69, 9.17) is 22.2 Å². The Morgan fingerprint density at radius 3 is 2.33 bits per heavy atom. The Bertz CT molecular complexity index is 785. The summed E-state index contributed by atoms with van der Waals surface area (Å²) in [5.74, 6) is 0.860. The van der Waals surface area contributed by atoms with Crippen LogP contribution in [0.2, 0.25) is 0 Å². The van der Waals surface area contributed by atoms with Crippen LogP contribution in [0.4, 0.5) is 17.1 Å². The molecule has 1 aliphatic heterocycles. The minimum Gasteiger partial charge on any atom is -0.483 e. The molecule has 124 valence electrons. The smallest absolute Gasteiger partial charge is 0.175 e. The zero-order valence-corrected chi connectivity index (χ0v) is 14.3. The molecular formula is C18H19N3O2S. The van der Waals surface area contributed by atoms with Crippen molar-refractivity contribution in [2.75, 3.05) is 16.1 Å². The summed E-state index contributed by atoms with van der Waals surface area (Å²) < 4.78 is 5.91. The van der Waals surface area contributed by atoms with Crippen molar-refractivity contribution in [3.63, 3.8) is 0 Å². The van der Waals surface area contributed by atoms with E-state index in [1.807, 2.05) is 50.3 Å². The van der Waals surface area contributed by atoms with Crippen molar-refractivity contribution < 1.29 is 9.94 Å². The third kappa shape index (κ3) is 3.84. The monoisotopic (exact) mass is 341 g/mol. The molecule has 4 N–H and O–H groups in total. The zero-order valence-electron chi connectivity index (χ0n) is 13.5. The molecule has 0 bridgehead atoms. The van der Waals surface area contributed by atoms with Gasteiger partial charge in [0, 0.05) is 16.9 Å². The Morgan fingerprint density at radius 1 is 1.00 bits per heavy atom. The fraction of sp³-hybridized carbons (Fsp3) is 0.167. The summed E-state index contributed by atoms with van der Waals surface area (Å²) in [5, 5.41) is 15.5. The maximum atomic E-state index is 8.81. The highest BCUT2D eigenvalue weighted by atomic mass is 32.1. The molecule has 0 atom stereocenters. The lowest BCUT2D eigenvalue weighted by atomic mass is 10.0. The molecular weight excluding hydrogens is 322 g/mol. The maximum absolute atomic E-state index is 8.81. The molecule has 1 heterocycles. The fourth-order valence-electron chi connectivity index (χ4n) is 2.38. The van der Waals surface area contributed by atoms with E-state index in [-0.39, 0.29) is 5.60 Å². The number of benzene rings is 2. The van der Waals surface area contributed by atoms with Crippen molar-refractivity contribution in [2.24, 2.45) is 0 Å². The number of fused-ring (bicyclic) bond motifs is 1. The highest BCUT2D eigenvalue weighted by Crippen LogP contribution is 2.32. The second kappa shape index (κ2) is 6.51. The van der Waals surface area contributed by atoms with E-state index in [1.54, 1.807) is 12.1 Å². The average Bonchev–Trinajstić information content (AvgIpc) is 2.55. The molecule has 6 heteroatoms. The van der Waals surface area contributed by atoms with Gasteiger partial charge in [0.1, 0.15) is 11.4 Å². The predicted molar refractivity (Wildman–Crippen MR) is 102 cm³/mol. The van der Waals surface area contributed by atoms with Crippen LogP contribution in [0, 0.1) is 0 Å². The van der Waals surface area contributed by atoms with Crippen molar-refractivity contribution in [3.05, 3.63) is 54.1 Å². The second-order valence-electron chi connectivity index (χ2n) is 6.06. The summed E-state index contributed by atoms with van der Waals surface area (Å²) in [6.45, 7) is 4.05. The lowest BCUT2D eigenvalue weighted by Crippen LogP contribution is -2.27. The summed E-state index contributed by atoms with van der Waals surface area (Å²) in [6, 6.07) is 13.0. The first kappa shape index (κ1) is 16.3. The number of anilines is 3. The van der Waals surface area contributed by atoms with Crippen LogP contribution in [0.3, 0.4) is 0 Å². The fourth-order valence-corrected chi connectivity index (χ4v) is 2.61. The van der Waals surface area contributed by atoms with E-state index in [0.717, 1.165) is 22.7 Å². The summed E-state index contributed by atoms with van der Waals surface area (Å²) >= 11 is 5.33. The largest absolute Gasteiger partial charge is 0.483 e. The quantitative estimate of drug-likeness (QED) is 0.488. The summed E-state index contributed by atoms with van der Waals surface area (Å²) in [4.78, 5) is 0. The molecule has 2 aromatic carbocycles. The van der Waals surface area contributed by atoms with Crippen LogP contribution >= 0.6 is 12.2 Å². The van der Waals surface area contributed by atoms with Gasteiger partial charge in [0.25, 0.3) is 0 Å². The number of thiocarbonyl (C=S) groups is 1. The third-order valence-corrected chi connectivity index (χ3v) is 3.78. The van der Waals surface area contributed by atoms with Crippen LogP contribution in [-0.4, -0.2) is 15.9 Å². The van der Waals surface area contributed by atoms with Gasteiger partial charge in [-0.3, -0.25) is 10.7 Å². The third-order valence-electron chi connectivity index (χ3n) is 3.58. The minimum atomic E-state index is -0.283. The minimum absolute atomic E-state index is 0.283. The van der Waals surface area contributed by atoms with Crippen LogP contribution in [0.25, 0.3) is 6.08 Å². The predicted octanol–water partition coefficient (Wildman–Crippen LogP) is 4.48. The zero-order chi connectivity index (χ0) is 17.2. The van der Waals surface area contributed by atoms with Crippen LogP contribution < -0.4 is 20.9 Å². The van der Waals surface area contributed by atoms with E-state index < -0.39 is 0 Å². The van der Waals surface area contributed by atoms with E-state index in [9.17, 15) is 0 Å². The molecule has 0 saturated heterocycles. The van der Waals surface area contributed by atoms with Gasteiger partial charge in [0.15, 0.2) is 5.11 Å². The van der Waals surface area contributed by atoms with Gasteiger partial charge in [-0.25, -0.2) is 0 Å². The summed E-state index contributed by atoms with van der Waals surface area (Å²) in [6.07, 6.45) is 4.09. The lowest BCUT2D eigenvalue weighted by Gasteiger charge is -2.28. The molecule has 0 radical (unpaired) electrons. The Kier molecular flexibility index (Phi) is 4.42. The molecule has 1 aliphatic rings. The maximum Gasteiger partial charge on any atom is 0.175 e. The van der Waals surface area contributed by atoms with Crippen LogP contribution in [0.1, 0.15) is 19.4 Å². The van der Waals surface area contributed by atoms with Crippen molar-refractivity contribution in [2.45, 2.75) is 19.4 Å². The second-order valence-corrected chi connectivity index (χ2v) is 6.47. The first-order valence-electron chi connectivity index (χ1n) is 7.56. The van der Waals surface area contributed by atoms with Crippen LogP contribution in [-0.2, 0) is 0 Å². The molecule has 0 spiro atoms. The number of hydrogen-bond donors (Lipinski definition) is 4. The summed E-state index contributed by atoms with van der Waals surface area (Å²) in [7, 11) is 0. The Morgan fingerprint density at radius 2 is 1.62 bits per heavy atom. The summed E-state index contributed by atoms with van der Waals surface area (Å²) in [5.41, 5.74) is 5.14. The molecule has 0 amide bonds. The number of rotatable bonds is 3. The van der Waals surface area contributed by atoms with Gasteiger partial charge < -0.3 is 15.4 Å². The molecule has 24 heavy (non-hydrogen) atoms. The van der Waals surface area contributed by atoms with Gasteiger partial charge in [-0.1, -0.05) is 6.08 Å². The van der Waals surface area contributed by atoms with Crippen molar-refractivity contribution in [1.82, 2.24) is 0 Å². The first-order chi connectivity index (χ1) is 11.4. The van der Waals surface area contributed by atoms with Crippen LogP contribution in [0.15, 0.2) is 48.5 Å². The standard InChI is InChI=1S/C18H19N3O2S/c1-18(2)10-9-12-11-15(7-8-16(12)23-18)20-17(24)19-13-3-5-14(21-22)6-4-13/h3-11,21-22H,1-2H3,(H2,19,20,24). The van der Waals surface area contributed by atoms with Crippen molar-refractivity contribution >= 4 is 40.5 Å². The number of ether oxygens (including phenoxy) is 1. The average molecular weight is 341 g/mol. The molecule has 0 aromatic heterocycles. The highest BCUT2D eigenvalue weighted by molar-refractivity contribution is 7.80. The number of nitrogens with one attached hydrogen (secondary N) is 3. The van der Waals surface area contributed by atoms with Gasteiger partial charge in [-0.05, 0) is 74.6 Å². The van der Waals surface area contributed by atoms with E-state index in [1.165, 1.54) is 0 Å². The van der Waals surface area contributed by atoms with Crippen molar-refractivity contribution in [1.29, 1.82) is 0 Å². The van der Waals surface area contributed by atoms with E-state index in [0.29, 0.717) is 10.8 Å². The molecule has 0 fully saturated rings. The van der Waals surface area contributed by atoms with Gasteiger partial charge in [-0.15, -0.1) is 0 Å². The SMILES string of the molecule is CC1(C)C=Cc2cc(NC(=S)Nc3ccc(NO)cc3)ccc2O1. The van der Waals surface area contributed by atoms with E-state index >= 15 is 0 Å². The van der Waals surface area contributed by atoms with Gasteiger partial charge in [0.05, 0.1) is 5.69 Å². The Hall–Kier alpha value is -2.57. The number of hydrogen-bond acceptors (Lipinski definition) is 4. The highest BCUT2D eigenvalue weighted by Gasteiger charge is 2.21. The van der Waals surface area contributed by atoms with Gasteiger partial charge >= 0.3 is 0 Å². The van der Waals surface area contributed by atoms with Crippen LogP contribution in [0.5, 0.6) is 5.75 Å². The normalized spacial score (nSPS) is 14.3. The van der Waals surface area contributed by atoms with Crippen molar-refractivity contribution in [3.8, 4) is 5.75 Å². The molecule has 0 aliphatic carbocycles. The molecule has 3 rings (SSSR count). The lowest BCUT2D eigenvalue weighted by molar-refractivity contribution is 0.159.